The van der Waals surface area contributed by atoms with E-state index in [1.807, 2.05) is 12.1 Å². The number of hydrogen-bond donors (Lipinski definition) is 1. The summed E-state index contributed by atoms with van der Waals surface area (Å²) in [6.45, 7) is 1.69. The van der Waals surface area contributed by atoms with Crippen molar-refractivity contribution in [2.45, 2.75) is 29.5 Å². The van der Waals surface area contributed by atoms with Gasteiger partial charge in [-0.3, -0.25) is 29.4 Å². The summed E-state index contributed by atoms with van der Waals surface area (Å²) in [5.41, 5.74) is 1.09. The highest BCUT2D eigenvalue weighted by Gasteiger charge is 2.69. The molecule has 2 aromatic carbocycles. The lowest BCUT2D eigenvalue weighted by Gasteiger charge is -2.43. The van der Waals surface area contributed by atoms with Crippen LogP contribution in [0.3, 0.4) is 0 Å². The summed E-state index contributed by atoms with van der Waals surface area (Å²) in [4.78, 5) is 67.7. The number of H-pyrrole nitrogens is 1. The van der Waals surface area contributed by atoms with Gasteiger partial charge in [-0.05, 0) is 60.9 Å². The standard InChI is InChI=1S/C30H27N3O9S2/c1-3-41-20(34)12-42-18-9-4-13(10-19(18)40-2)21-22-16-11-17(25(22)43-27-26(21)44-30(37)31-27)24-23(16)28(35)32(29(24)36)14-5-7-15(8-6-14)33(38)39/h4-10,16-17,21-25H,3,11-12H2,1-2H3,(H,31,37)/t16-,17-,21-,22?,23?,24?,25?/m1/s1. The first-order valence-corrected chi connectivity index (χ1v) is 15.9. The number of amides is 2. The normalized spacial score (nSPS) is 28.0. The van der Waals surface area contributed by atoms with E-state index in [0.29, 0.717) is 17.2 Å². The second kappa shape index (κ2) is 10.8. The summed E-state index contributed by atoms with van der Waals surface area (Å²) in [5.74, 6) is -1.72. The number of nitrogens with one attached hydrogen (secondary N) is 1. The third-order valence-electron chi connectivity index (χ3n) is 9.24. The number of nitrogens with zero attached hydrogens (tertiary/aromatic N) is 2. The predicted molar refractivity (Wildman–Crippen MR) is 159 cm³/mol. The maximum atomic E-state index is 13.9. The summed E-state index contributed by atoms with van der Waals surface area (Å²) >= 11 is 2.74. The molecule has 2 saturated carbocycles. The number of aromatic amines is 1. The number of thioether (sulfide) groups is 1. The van der Waals surface area contributed by atoms with E-state index >= 15 is 0 Å². The Morgan fingerprint density at radius 1 is 1.07 bits per heavy atom. The third kappa shape index (κ3) is 4.33. The zero-order valence-electron chi connectivity index (χ0n) is 23.6. The summed E-state index contributed by atoms with van der Waals surface area (Å²) in [6, 6.07) is 11.0. The number of nitro benzene ring substituents is 1. The van der Waals surface area contributed by atoms with Crippen LogP contribution in [0.2, 0.25) is 0 Å². The Balaban J connectivity index is 1.24. The summed E-state index contributed by atoms with van der Waals surface area (Å²) in [5, 5.41) is 11.9. The van der Waals surface area contributed by atoms with Gasteiger partial charge in [0.25, 0.3) is 5.69 Å². The summed E-state index contributed by atoms with van der Waals surface area (Å²) < 4.78 is 16.2. The van der Waals surface area contributed by atoms with Gasteiger partial charge in [-0.1, -0.05) is 17.4 Å². The van der Waals surface area contributed by atoms with Crippen molar-refractivity contribution in [3.05, 3.63) is 72.7 Å². The Hall–Kier alpha value is -4.17. The van der Waals surface area contributed by atoms with Gasteiger partial charge in [-0.15, -0.1) is 11.8 Å². The van der Waals surface area contributed by atoms with Crippen LogP contribution in [0.15, 0.2) is 52.3 Å². The molecular formula is C30H27N3O9S2. The molecule has 4 aliphatic rings. The monoisotopic (exact) mass is 637 g/mol. The molecule has 3 aromatic rings. The van der Waals surface area contributed by atoms with E-state index in [0.717, 1.165) is 33.2 Å². The molecule has 3 fully saturated rings. The predicted octanol–water partition coefficient (Wildman–Crippen LogP) is 3.97. The van der Waals surface area contributed by atoms with E-state index in [9.17, 15) is 29.3 Å². The molecule has 12 nitrogen and oxygen atoms in total. The van der Waals surface area contributed by atoms with Crippen LogP contribution in [0, 0.1) is 39.7 Å². The number of hydrogen-bond acceptors (Lipinski definition) is 11. The Bertz CT molecular complexity index is 1750. The molecule has 14 heteroatoms. The number of carbonyl (C=O) groups excluding carboxylic acids is 3. The van der Waals surface area contributed by atoms with Crippen molar-refractivity contribution in [1.29, 1.82) is 0 Å². The van der Waals surface area contributed by atoms with Crippen LogP contribution in [0.4, 0.5) is 11.4 Å². The van der Waals surface area contributed by atoms with Gasteiger partial charge >= 0.3 is 10.8 Å². The number of rotatable bonds is 8. The number of fused-ring (bicyclic) bond motifs is 9. The maximum absolute atomic E-state index is 13.9. The van der Waals surface area contributed by atoms with Gasteiger partial charge in [0.15, 0.2) is 18.1 Å². The van der Waals surface area contributed by atoms with Crippen LogP contribution in [0.5, 0.6) is 11.5 Å². The van der Waals surface area contributed by atoms with Crippen molar-refractivity contribution in [1.82, 2.24) is 4.98 Å². The van der Waals surface area contributed by atoms with Crippen molar-refractivity contribution in [2.24, 2.45) is 29.6 Å². The first-order valence-electron chi connectivity index (χ1n) is 14.2. The lowest BCUT2D eigenvalue weighted by Crippen LogP contribution is -2.42. The van der Waals surface area contributed by atoms with Crippen LogP contribution in [0.1, 0.15) is 29.7 Å². The van der Waals surface area contributed by atoms with Crippen molar-refractivity contribution >= 4 is 52.3 Å². The minimum atomic E-state index is -0.522. The van der Waals surface area contributed by atoms with Gasteiger partial charge in [-0.2, -0.15) is 0 Å². The van der Waals surface area contributed by atoms with Gasteiger partial charge in [0.05, 0.1) is 41.2 Å². The van der Waals surface area contributed by atoms with E-state index in [-0.39, 0.29) is 64.5 Å². The third-order valence-corrected chi connectivity index (χ3v) is 11.8. The average Bonchev–Trinajstić information content (AvgIpc) is 3.75. The van der Waals surface area contributed by atoms with E-state index < -0.39 is 22.7 Å². The second-order valence-electron chi connectivity index (χ2n) is 11.2. The molecule has 7 rings (SSSR count). The number of carbonyl (C=O) groups is 3. The Labute approximate surface area is 258 Å². The largest absolute Gasteiger partial charge is 0.493 e. The van der Waals surface area contributed by atoms with E-state index in [2.05, 4.69) is 4.98 Å². The number of nitro groups is 1. The molecule has 2 aliphatic carbocycles. The van der Waals surface area contributed by atoms with Gasteiger partial charge in [0.2, 0.25) is 11.8 Å². The van der Waals surface area contributed by atoms with Crippen molar-refractivity contribution in [3.8, 4) is 11.5 Å². The molecule has 2 bridgehead atoms. The highest BCUT2D eigenvalue weighted by molar-refractivity contribution is 8.00. The Morgan fingerprint density at radius 3 is 2.48 bits per heavy atom. The van der Waals surface area contributed by atoms with Crippen molar-refractivity contribution < 1.29 is 33.5 Å². The molecule has 4 unspecified atom stereocenters. The van der Waals surface area contributed by atoms with Crippen LogP contribution < -0.4 is 19.2 Å². The molecule has 44 heavy (non-hydrogen) atoms. The van der Waals surface area contributed by atoms with Crippen LogP contribution in [0.25, 0.3) is 0 Å². The second-order valence-corrected chi connectivity index (χ2v) is 13.5. The molecule has 2 amide bonds. The zero-order chi connectivity index (χ0) is 30.9. The molecule has 3 heterocycles. The van der Waals surface area contributed by atoms with Crippen LogP contribution in [-0.2, 0) is 19.1 Å². The van der Waals surface area contributed by atoms with Gasteiger partial charge in [0, 0.05) is 28.2 Å². The Kier molecular flexibility index (Phi) is 7.00. The molecule has 1 saturated heterocycles. The fourth-order valence-corrected chi connectivity index (χ4v) is 10.6. The first kappa shape index (κ1) is 28.6. The molecule has 228 valence electrons. The quantitative estimate of drug-likeness (QED) is 0.166. The van der Waals surface area contributed by atoms with Crippen LogP contribution in [-0.4, -0.2) is 53.3 Å². The molecule has 0 radical (unpaired) electrons. The molecule has 0 spiro atoms. The first-order chi connectivity index (χ1) is 21.2. The minimum Gasteiger partial charge on any atom is -0.493 e. The molecule has 1 N–H and O–H groups in total. The number of esters is 1. The summed E-state index contributed by atoms with van der Waals surface area (Å²) in [6.07, 6.45) is 0.719. The van der Waals surface area contributed by atoms with E-state index in [1.165, 1.54) is 36.3 Å². The SMILES string of the molecule is CCOC(=O)COc1ccc([C@H]2c3sc(=O)[nH]c3SC3C2[C@H]2C[C@@H]3C3C(=O)N(c4ccc([N+](=O)[O-])cc4)C(=O)C32)cc1OC. The Morgan fingerprint density at radius 2 is 1.80 bits per heavy atom. The number of benzene rings is 2. The number of anilines is 1. The molecule has 1 aromatic heterocycles. The molecule has 7 atom stereocenters. The summed E-state index contributed by atoms with van der Waals surface area (Å²) in [7, 11) is 1.51. The lowest BCUT2D eigenvalue weighted by atomic mass is 9.68. The fraction of sp³-hybridized carbons (Fsp3) is 0.400. The molecule has 2 aliphatic heterocycles. The highest BCUT2D eigenvalue weighted by atomic mass is 32.2. The highest BCUT2D eigenvalue weighted by Crippen LogP contribution is 2.68. The molecular weight excluding hydrogens is 610 g/mol. The van der Waals surface area contributed by atoms with Gasteiger partial charge in [0.1, 0.15) is 0 Å². The van der Waals surface area contributed by atoms with Gasteiger partial charge in [-0.25, -0.2) is 4.79 Å². The number of methoxy groups -OCH3 is 1. The van der Waals surface area contributed by atoms with Crippen LogP contribution >= 0.6 is 23.1 Å². The number of imide groups is 1. The maximum Gasteiger partial charge on any atom is 0.344 e. The topological polar surface area (TPSA) is 158 Å². The van der Waals surface area contributed by atoms with Crippen molar-refractivity contribution in [3.63, 3.8) is 0 Å². The average molecular weight is 638 g/mol. The number of ether oxygens (including phenoxy) is 3. The fourth-order valence-electron chi connectivity index (χ4n) is 7.70. The smallest absolute Gasteiger partial charge is 0.344 e. The lowest BCUT2D eigenvalue weighted by molar-refractivity contribution is -0.384. The number of non-ortho nitro benzene ring substituents is 1. The minimum absolute atomic E-state index is 0.0108. The number of thiazole rings is 1. The van der Waals surface area contributed by atoms with E-state index in [4.69, 9.17) is 14.2 Å². The van der Waals surface area contributed by atoms with Crippen molar-refractivity contribution in [2.75, 3.05) is 25.2 Å². The van der Waals surface area contributed by atoms with E-state index in [1.54, 1.807) is 24.8 Å². The van der Waals surface area contributed by atoms with Gasteiger partial charge < -0.3 is 19.2 Å². The number of aromatic nitrogens is 1. The zero-order valence-corrected chi connectivity index (χ0v) is 25.2.